The first-order valence-corrected chi connectivity index (χ1v) is 17.0. The van der Waals surface area contributed by atoms with Crippen LogP contribution in [0.1, 0.15) is 37.7 Å². The van der Waals surface area contributed by atoms with Gasteiger partial charge in [0.15, 0.2) is 5.82 Å². The van der Waals surface area contributed by atoms with Crippen molar-refractivity contribution in [1.29, 1.82) is 0 Å². The Bertz CT molecular complexity index is 2130. The summed E-state index contributed by atoms with van der Waals surface area (Å²) < 4.78 is 65.2. The number of amides is 1. The number of nitrogens with one attached hydrogen (secondary N) is 2. The highest BCUT2D eigenvalue weighted by molar-refractivity contribution is 6.04. The zero-order valence-electron chi connectivity index (χ0n) is 27.3. The van der Waals surface area contributed by atoms with Gasteiger partial charge in [-0.1, -0.05) is 12.0 Å². The third-order valence-corrected chi connectivity index (χ3v) is 11.0. The standard InChI is InChI=1S/C36H34F3N7O4/c1-3-22-24(38)7-5-18-11-21(50-35(47)40-2)12-23(27(18)22)30-29(39)31-28-32(46-15-20-6-8-25(41-20)26(46)16-48-33(28)42-30)44-34(43-31)49-17-36-9-4-10-45(36)14-19(37)13-36/h1,5,7,11-12,19-20,25-26,41H,4,6,8-10,13-17H2,2H3,(H,40,47)/t19-,20-,25+,26-,36+/m1/s1. The van der Waals surface area contributed by atoms with Crippen LogP contribution in [0.15, 0.2) is 24.3 Å². The molecular weight excluding hydrogens is 651 g/mol. The predicted molar refractivity (Wildman–Crippen MR) is 178 cm³/mol. The lowest BCUT2D eigenvalue weighted by atomic mass is 9.95. The summed E-state index contributed by atoms with van der Waals surface area (Å²) in [6.07, 6.45) is 8.10. The van der Waals surface area contributed by atoms with Crippen LogP contribution in [0.5, 0.6) is 17.6 Å². The maximum absolute atomic E-state index is 17.3. The lowest BCUT2D eigenvalue weighted by molar-refractivity contribution is 0.107. The maximum atomic E-state index is 17.3. The summed E-state index contributed by atoms with van der Waals surface area (Å²) in [7, 11) is 1.41. The van der Waals surface area contributed by atoms with Crippen LogP contribution in [0.25, 0.3) is 32.9 Å². The van der Waals surface area contributed by atoms with Crippen molar-refractivity contribution in [1.82, 2.24) is 30.5 Å². The molecule has 5 atom stereocenters. The molecule has 7 heterocycles. The fourth-order valence-corrected chi connectivity index (χ4v) is 8.77. The molecule has 0 saturated carbocycles. The zero-order chi connectivity index (χ0) is 34.3. The number of nitrogens with zero attached hydrogens (tertiary/aromatic N) is 5. The van der Waals surface area contributed by atoms with Crippen LogP contribution in [0.2, 0.25) is 0 Å². The average Bonchev–Trinajstić information content (AvgIpc) is 3.75. The zero-order valence-corrected chi connectivity index (χ0v) is 27.3. The van der Waals surface area contributed by atoms with E-state index in [0.29, 0.717) is 30.7 Å². The smallest absolute Gasteiger partial charge is 0.412 e. The number of piperazine rings is 1. The summed E-state index contributed by atoms with van der Waals surface area (Å²) in [4.78, 5) is 30.7. The normalized spacial score (nSPS) is 26.7. The van der Waals surface area contributed by atoms with Gasteiger partial charge in [-0.15, -0.1) is 6.42 Å². The number of ether oxygens (including phenoxy) is 3. The van der Waals surface area contributed by atoms with Crippen molar-refractivity contribution < 1.29 is 32.2 Å². The lowest BCUT2D eigenvalue weighted by Crippen LogP contribution is -2.60. The SMILES string of the molecule is C#Cc1c(F)ccc2cc(OC(=O)NC)cc(-c3nc4c5c(nc(OC[C@@]67CCCN6C[C@H](F)C7)nc5c3F)N3C[C@H]5CC[C@H](N5)[C@H]3CO4)c12. The van der Waals surface area contributed by atoms with Crippen molar-refractivity contribution in [2.24, 2.45) is 0 Å². The second-order valence-corrected chi connectivity index (χ2v) is 13.9. The van der Waals surface area contributed by atoms with E-state index in [1.807, 2.05) is 0 Å². The lowest BCUT2D eigenvalue weighted by Gasteiger charge is -2.40. The van der Waals surface area contributed by atoms with E-state index < -0.39 is 29.4 Å². The van der Waals surface area contributed by atoms with E-state index in [1.165, 1.54) is 31.3 Å². The van der Waals surface area contributed by atoms with Crippen LogP contribution in [0.3, 0.4) is 0 Å². The number of alkyl halides is 1. The molecule has 258 valence electrons. The first kappa shape index (κ1) is 31.1. The first-order chi connectivity index (χ1) is 24.2. The molecule has 4 saturated heterocycles. The highest BCUT2D eigenvalue weighted by Gasteiger charge is 2.50. The van der Waals surface area contributed by atoms with E-state index in [0.717, 1.165) is 32.2 Å². The molecule has 2 bridgehead atoms. The highest BCUT2D eigenvalue weighted by atomic mass is 19.1. The van der Waals surface area contributed by atoms with Crippen molar-refractivity contribution in [2.75, 3.05) is 44.8 Å². The fraction of sp³-hybridized carbons (Fsp3) is 0.444. The molecule has 4 fully saturated rings. The molecule has 0 radical (unpaired) electrons. The minimum absolute atomic E-state index is 0.0403. The number of hydrogen-bond acceptors (Lipinski definition) is 10. The maximum Gasteiger partial charge on any atom is 0.412 e. The van der Waals surface area contributed by atoms with Crippen LogP contribution in [-0.4, -0.2) is 95.7 Å². The summed E-state index contributed by atoms with van der Waals surface area (Å²) in [6, 6.07) is 5.76. The molecule has 2 N–H and O–H groups in total. The number of hydrogen-bond donors (Lipinski definition) is 2. The second kappa shape index (κ2) is 11.6. The number of pyridine rings is 1. The molecule has 0 aliphatic carbocycles. The number of benzene rings is 2. The molecule has 5 aliphatic heterocycles. The number of anilines is 1. The van der Waals surface area contributed by atoms with Crippen LogP contribution in [0, 0.1) is 24.0 Å². The Kier molecular flexibility index (Phi) is 7.22. The molecule has 5 aliphatic rings. The molecule has 2 aromatic heterocycles. The van der Waals surface area contributed by atoms with E-state index in [-0.39, 0.29) is 82.1 Å². The molecule has 0 spiro atoms. The summed E-state index contributed by atoms with van der Waals surface area (Å²) in [5.74, 6) is 1.48. The van der Waals surface area contributed by atoms with Crippen molar-refractivity contribution >= 4 is 33.6 Å². The molecule has 1 amide bonds. The van der Waals surface area contributed by atoms with Crippen LogP contribution < -0.4 is 29.7 Å². The molecule has 14 heteroatoms. The number of fused-ring (bicyclic) bond motifs is 7. The summed E-state index contributed by atoms with van der Waals surface area (Å²) in [5.41, 5.74) is -0.825. The predicted octanol–water partition coefficient (Wildman–Crippen LogP) is 4.48. The minimum Gasteiger partial charge on any atom is -0.475 e. The second-order valence-electron chi connectivity index (χ2n) is 13.9. The van der Waals surface area contributed by atoms with Gasteiger partial charge in [0.25, 0.3) is 0 Å². The Labute approximate surface area is 285 Å². The number of aromatic nitrogens is 3. The fourth-order valence-electron chi connectivity index (χ4n) is 8.77. The van der Waals surface area contributed by atoms with E-state index in [4.69, 9.17) is 30.6 Å². The van der Waals surface area contributed by atoms with Gasteiger partial charge in [0.2, 0.25) is 5.88 Å². The van der Waals surface area contributed by atoms with Gasteiger partial charge >= 0.3 is 12.1 Å². The van der Waals surface area contributed by atoms with Crippen molar-refractivity contribution in [2.45, 2.75) is 61.9 Å². The van der Waals surface area contributed by atoms with Crippen LogP contribution in [0.4, 0.5) is 23.8 Å². The van der Waals surface area contributed by atoms with Gasteiger partial charge < -0.3 is 29.7 Å². The third kappa shape index (κ3) is 4.81. The molecule has 0 unspecified atom stereocenters. The van der Waals surface area contributed by atoms with E-state index in [9.17, 15) is 9.18 Å². The number of rotatable bonds is 5. The molecular formula is C36H34F3N7O4. The summed E-state index contributed by atoms with van der Waals surface area (Å²) in [5, 5.41) is 6.95. The van der Waals surface area contributed by atoms with Gasteiger partial charge in [-0.2, -0.15) is 9.97 Å². The van der Waals surface area contributed by atoms with Gasteiger partial charge in [0.05, 0.1) is 17.1 Å². The Morgan fingerprint density at radius 1 is 1.20 bits per heavy atom. The third-order valence-electron chi connectivity index (χ3n) is 11.0. The molecule has 50 heavy (non-hydrogen) atoms. The number of carbonyl (C=O) groups is 1. The number of halogens is 3. The minimum atomic E-state index is -0.945. The van der Waals surface area contributed by atoms with E-state index in [1.54, 1.807) is 0 Å². The number of carbonyl (C=O) groups excluding carboxylic acids is 1. The largest absolute Gasteiger partial charge is 0.475 e. The van der Waals surface area contributed by atoms with Crippen LogP contribution >= 0.6 is 0 Å². The number of terminal acetylenes is 1. The Morgan fingerprint density at radius 2 is 2.08 bits per heavy atom. The highest BCUT2D eigenvalue weighted by Crippen LogP contribution is 2.46. The molecule has 9 rings (SSSR count). The topological polar surface area (TPSA) is 114 Å². The van der Waals surface area contributed by atoms with Gasteiger partial charge in [-0.05, 0) is 55.8 Å². The Balaban J connectivity index is 1.25. The molecule has 11 nitrogen and oxygen atoms in total. The average molecular weight is 686 g/mol. The molecule has 4 aromatic rings. The Hall–Kier alpha value is -4.87. The summed E-state index contributed by atoms with van der Waals surface area (Å²) >= 11 is 0. The van der Waals surface area contributed by atoms with Crippen molar-refractivity contribution in [3.05, 3.63) is 41.5 Å². The van der Waals surface area contributed by atoms with Crippen LogP contribution in [-0.2, 0) is 0 Å². The Morgan fingerprint density at radius 3 is 2.92 bits per heavy atom. The molecule has 2 aromatic carbocycles. The van der Waals surface area contributed by atoms with Gasteiger partial charge in [0, 0.05) is 49.6 Å². The van der Waals surface area contributed by atoms with Crippen molar-refractivity contribution in [3.63, 3.8) is 0 Å². The van der Waals surface area contributed by atoms with E-state index >= 15 is 8.78 Å². The quantitative estimate of drug-likeness (QED) is 0.292. The first-order valence-electron chi connectivity index (χ1n) is 17.0. The van der Waals surface area contributed by atoms with Gasteiger partial charge in [-0.3, -0.25) is 4.90 Å². The van der Waals surface area contributed by atoms with Crippen molar-refractivity contribution in [3.8, 4) is 41.2 Å². The van der Waals surface area contributed by atoms with Gasteiger partial charge in [-0.25, -0.2) is 22.9 Å². The summed E-state index contributed by atoms with van der Waals surface area (Å²) in [6.45, 7) is 2.17. The monoisotopic (exact) mass is 685 g/mol. The van der Waals surface area contributed by atoms with E-state index in [2.05, 4.69) is 31.3 Å². The van der Waals surface area contributed by atoms with Gasteiger partial charge in [0.1, 0.15) is 53.4 Å².